The summed E-state index contributed by atoms with van der Waals surface area (Å²) in [6, 6.07) is 27.9. The number of para-hydroxylation sites is 2. The van der Waals surface area contributed by atoms with Gasteiger partial charge in [0.2, 0.25) is 0 Å². The summed E-state index contributed by atoms with van der Waals surface area (Å²) in [5.41, 5.74) is 7.88. The van der Waals surface area contributed by atoms with E-state index >= 15 is 0 Å². The number of rotatable bonds is 5. The Bertz CT molecular complexity index is 990. The van der Waals surface area contributed by atoms with Gasteiger partial charge in [0.15, 0.2) is 0 Å². The van der Waals surface area contributed by atoms with Gasteiger partial charge >= 0.3 is 0 Å². The highest BCUT2D eigenvalue weighted by molar-refractivity contribution is 6.01. The molecule has 122 valence electrons. The molecule has 5 nitrogen and oxygen atoms in total. The molecule has 3 aromatic carbocycles. The van der Waals surface area contributed by atoms with Gasteiger partial charge in [-0.1, -0.05) is 65.9 Å². The highest BCUT2D eigenvalue weighted by Crippen LogP contribution is 2.12. The van der Waals surface area contributed by atoms with Gasteiger partial charge in [-0.05, 0) is 29.8 Å². The molecule has 1 heterocycles. The lowest BCUT2D eigenvalue weighted by Crippen LogP contribution is -2.14. The summed E-state index contributed by atoms with van der Waals surface area (Å²) in [7, 11) is 0. The molecular weight excluding hydrogens is 310 g/mol. The average Bonchev–Trinajstić information content (AvgIpc) is 3.09. The minimum atomic E-state index is 0.532. The van der Waals surface area contributed by atoms with Crippen LogP contribution >= 0.6 is 0 Å². The van der Waals surface area contributed by atoms with Gasteiger partial charge in [-0.15, -0.1) is 5.10 Å². The van der Waals surface area contributed by atoms with Crippen molar-refractivity contribution in [3.05, 3.63) is 90.5 Å². The molecule has 0 aliphatic carbocycles. The molecule has 0 aliphatic rings. The molecule has 4 aromatic rings. The number of hydrazone groups is 1. The van der Waals surface area contributed by atoms with Gasteiger partial charge < -0.3 is 0 Å². The van der Waals surface area contributed by atoms with Crippen molar-refractivity contribution in [1.82, 2.24) is 15.0 Å². The summed E-state index contributed by atoms with van der Waals surface area (Å²) in [4.78, 5) is 0. The highest BCUT2D eigenvalue weighted by Gasteiger charge is 2.09. The Kier molecular flexibility index (Phi) is 4.20. The zero-order chi connectivity index (χ0) is 16.9. The van der Waals surface area contributed by atoms with Crippen LogP contribution in [-0.4, -0.2) is 20.7 Å². The van der Waals surface area contributed by atoms with Crippen molar-refractivity contribution in [3.63, 3.8) is 0 Å². The van der Waals surface area contributed by atoms with Crippen LogP contribution in [0.25, 0.3) is 11.0 Å². The molecule has 4 rings (SSSR count). The second-order valence-electron chi connectivity index (χ2n) is 5.64. The standard InChI is InChI=1S/C20H17N5/c1-3-9-16(10-4-1)19(22-21-17-11-5-2-6-12-17)15-25-20-14-8-7-13-18(20)23-24-25/h1-14,21H,15H2/b22-19-. The van der Waals surface area contributed by atoms with E-state index in [1.807, 2.05) is 89.6 Å². The summed E-state index contributed by atoms with van der Waals surface area (Å²) >= 11 is 0. The lowest BCUT2D eigenvalue weighted by atomic mass is 10.1. The molecule has 0 saturated heterocycles. The van der Waals surface area contributed by atoms with Crippen LogP contribution in [0.2, 0.25) is 0 Å². The van der Waals surface area contributed by atoms with Crippen LogP contribution < -0.4 is 5.43 Å². The third-order valence-electron chi connectivity index (χ3n) is 3.92. The predicted molar refractivity (Wildman–Crippen MR) is 101 cm³/mol. The molecule has 0 fully saturated rings. The van der Waals surface area contributed by atoms with Gasteiger partial charge in [-0.3, -0.25) is 5.43 Å². The monoisotopic (exact) mass is 327 g/mol. The third-order valence-corrected chi connectivity index (χ3v) is 3.92. The average molecular weight is 327 g/mol. The number of hydrogen-bond acceptors (Lipinski definition) is 4. The summed E-state index contributed by atoms with van der Waals surface area (Å²) in [6.45, 7) is 0.532. The van der Waals surface area contributed by atoms with E-state index in [0.717, 1.165) is 28.0 Å². The van der Waals surface area contributed by atoms with E-state index in [9.17, 15) is 0 Å². The summed E-state index contributed by atoms with van der Waals surface area (Å²) < 4.78 is 1.87. The Morgan fingerprint density at radius 2 is 1.52 bits per heavy atom. The molecule has 0 saturated carbocycles. The Morgan fingerprint density at radius 1 is 0.840 bits per heavy atom. The normalized spacial score (nSPS) is 11.6. The van der Waals surface area contributed by atoms with Crippen molar-refractivity contribution in [2.75, 3.05) is 5.43 Å². The second kappa shape index (κ2) is 6.97. The van der Waals surface area contributed by atoms with Crippen molar-refractivity contribution < 1.29 is 0 Å². The van der Waals surface area contributed by atoms with Gasteiger partial charge in [0.1, 0.15) is 5.52 Å². The first-order valence-electron chi connectivity index (χ1n) is 8.11. The lowest BCUT2D eigenvalue weighted by Gasteiger charge is -2.09. The topological polar surface area (TPSA) is 55.1 Å². The van der Waals surface area contributed by atoms with E-state index in [1.165, 1.54) is 0 Å². The fourth-order valence-electron chi connectivity index (χ4n) is 2.64. The third kappa shape index (κ3) is 3.40. The number of hydrogen-bond donors (Lipinski definition) is 1. The summed E-state index contributed by atoms with van der Waals surface area (Å²) in [5, 5.41) is 13.1. The van der Waals surface area contributed by atoms with Crippen molar-refractivity contribution in [2.24, 2.45) is 5.10 Å². The number of benzene rings is 3. The molecular formula is C20H17N5. The van der Waals surface area contributed by atoms with E-state index in [4.69, 9.17) is 0 Å². The molecule has 0 amide bonds. The Hall–Kier alpha value is -3.47. The molecule has 0 bridgehead atoms. The summed E-state index contributed by atoms with van der Waals surface area (Å²) in [6.07, 6.45) is 0. The number of anilines is 1. The van der Waals surface area contributed by atoms with Crippen molar-refractivity contribution >= 4 is 22.4 Å². The molecule has 1 aromatic heterocycles. The van der Waals surface area contributed by atoms with E-state index in [-0.39, 0.29) is 0 Å². The summed E-state index contributed by atoms with van der Waals surface area (Å²) in [5.74, 6) is 0. The zero-order valence-electron chi connectivity index (χ0n) is 13.6. The van der Waals surface area contributed by atoms with Gasteiger partial charge in [-0.25, -0.2) is 4.68 Å². The molecule has 0 atom stereocenters. The first-order chi connectivity index (χ1) is 12.4. The van der Waals surface area contributed by atoms with Gasteiger partial charge in [0.25, 0.3) is 0 Å². The number of nitrogens with one attached hydrogen (secondary N) is 1. The van der Waals surface area contributed by atoms with E-state index < -0.39 is 0 Å². The molecule has 25 heavy (non-hydrogen) atoms. The number of fused-ring (bicyclic) bond motifs is 1. The van der Waals surface area contributed by atoms with Crippen LogP contribution in [0.3, 0.4) is 0 Å². The van der Waals surface area contributed by atoms with Crippen molar-refractivity contribution in [1.29, 1.82) is 0 Å². The largest absolute Gasteiger partial charge is 0.278 e. The minimum Gasteiger partial charge on any atom is -0.278 e. The van der Waals surface area contributed by atoms with Crippen LogP contribution in [0.4, 0.5) is 5.69 Å². The van der Waals surface area contributed by atoms with Crippen LogP contribution in [0.15, 0.2) is 90.0 Å². The molecule has 0 aliphatic heterocycles. The SMILES string of the molecule is c1ccc(N/N=C(/Cn2nnc3ccccc32)c2ccccc2)cc1. The molecule has 0 spiro atoms. The van der Waals surface area contributed by atoms with Gasteiger partial charge in [0, 0.05) is 0 Å². The van der Waals surface area contributed by atoms with Gasteiger partial charge in [0.05, 0.1) is 23.5 Å². The molecule has 1 N–H and O–H groups in total. The maximum atomic E-state index is 4.62. The van der Waals surface area contributed by atoms with E-state index in [0.29, 0.717) is 6.54 Å². The smallest absolute Gasteiger partial charge is 0.113 e. The van der Waals surface area contributed by atoms with Crippen LogP contribution in [0.5, 0.6) is 0 Å². The first kappa shape index (κ1) is 15.1. The maximum absolute atomic E-state index is 4.62. The number of nitrogens with zero attached hydrogens (tertiary/aromatic N) is 4. The predicted octanol–water partition coefficient (Wildman–Crippen LogP) is 3.95. The molecule has 0 unspecified atom stereocenters. The van der Waals surface area contributed by atoms with E-state index in [1.54, 1.807) is 0 Å². The Balaban J connectivity index is 1.68. The highest BCUT2D eigenvalue weighted by atomic mass is 15.4. The van der Waals surface area contributed by atoms with Crippen molar-refractivity contribution in [3.8, 4) is 0 Å². The molecule has 5 heteroatoms. The maximum Gasteiger partial charge on any atom is 0.113 e. The van der Waals surface area contributed by atoms with Crippen molar-refractivity contribution in [2.45, 2.75) is 6.54 Å². The van der Waals surface area contributed by atoms with Crippen LogP contribution in [-0.2, 0) is 6.54 Å². The van der Waals surface area contributed by atoms with Crippen LogP contribution in [0, 0.1) is 0 Å². The van der Waals surface area contributed by atoms with Gasteiger partial charge in [-0.2, -0.15) is 5.10 Å². The second-order valence-corrected chi connectivity index (χ2v) is 5.64. The zero-order valence-corrected chi connectivity index (χ0v) is 13.6. The Morgan fingerprint density at radius 3 is 2.32 bits per heavy atom. The lowest BCUT2D eigenvalue weighted by molar-refractivity contribution is 0.700. The molecule has 0 radical (unpaired) electrons. The fraction of sp³-hybridized carbons (Fsp3) is 0.0500. The first-order valence-corrected chi connectivity index (χ1v) is 8.11. The number of aromatic nitrogens is 3. The Labute approximate surface area is 145 Å². The quantitative estimate of drug-likeness (QED) is 0.446. The fourth-order valence-corrected chi connectivity index (χ4v) is 2.64. The van der Waals surface area contributed by atoms with Crippen LogP contribution in [0.1, 0.15) is 5.56 Å². The minimum absolute atomic E-state index is 0.532. The van der Waals surface area contributed by atoms with E-state index in [2.05, 4.69) is 20.8 Å².